The van der Waals surface area contributed by atoms with Gasteiger partial charge in [0, 0.05) is 5.69 Å². The first kappa shape index (κ1) is 19.8. The minimum Gasteiger partial charge on any atom is -0.494 e. The second-order valence-corrected chi connectivity index (χ2v) is 6.31. The maximum absolute atomic E-state index is 12.0. The summed E-state index contributed by atoms with van der Waals surface area (Å²) in [6.07, 6.45) is 5.59. The zero-order chi connectivity index (χ0) is 18.6. The van der Waals surface area contributed by atoms with Crippen LogP contribution in [-0.4, -0.2) is 19.1 Å². The van der Waals surface area contributed by atoms with Crippen LogP contribution in [0.2, 0.25) is 0 Å². The zero-order valence-electron chi connectivity index (χ0n) is 15.8. The monoisotopic (exact) mass is 355 g/mol. The Bertz CT molecular complexity index is 650. The normalized spacial score (nSPS) is 10.4. The van der Waals surface area contributed by atoms with Gasteiger partial charge in [0.25, 0.3) is 5.91 Å². The second kappa shape index (κ2) is 11.2. The third-order valence-electron chi connectivity index (χ3n) is 3.99. The summed E-state index contributed by atoms with van der Waals surface area (Å²) in [6.45, 7) is 5.04. The third-order valence-corrected chi connectivity index (χ3v) is 3.99. The van der Waals surface area contributed by atoms with Gasteiger partial charge in [0.2, 0.25) is 0 Å². The summed E-state index contributed by atoms with van der Waals surface area (Å²) in [5.41, 5.74) is 2.01. The number of hydrogen-bond donors (Lipinski definition) is 1. The van der Waals surface area contributed by atoms with Crippen molar-refractivity contribution in [1.29, 1.82) is 0 Å². The number of aryl methyl sites for hydroxylation is 1. The zero-order valence-corrected chi connectivity index (χ0v) is 15.8. The number of benzene rings is 2. The van der Waals surface area contributed by atoms with Crippen molar-refractivity contribution in [3.8, 4) is 11.5 Å². The topological polar surface area (TPSA) is 47.6 Å². The van der Waals surface area contributed by atoms with Crippen LogP contribution < -0.4 is 14.8 Å². The van der Waals surface area contributed by atoms with Gasteiger partial charge < -0.3 is 14.8 Å². The van der Waals surface area contributed by atoms with Crippen LogP contribution in [0, 0.1) is 0 Å². The van der Waals surface area contributed by atoms with E-state index in [1.165, 1.54) is 18.4 Å². The molecule has 1 amide bonds. The fourth-order valence-electron chi connectivity index (χ4n) is 2.56. The van der Waals surface area contributed by atoms with E-state index in [1.54, 1.807) is 0 Å². The summed E-state index contributed by atoms with van der Waals surface area (Å²) in [5, 5.41) is 2.83. The van der Waals surface area contributed by atoms with Crippen molar-refractivity contribution in [2.24, 2.45) is 0 Å². The van der Waals surface area contributed by atoms with Crippen LogP contribution >= 0.6 is 0 Å². The Hall–Kier alpha value is -2.49. The smallest absolute Gasteiger partial charge is 0.262 e. The SMILES string of the molecule is CCCCCOc1ccc(NC(=O)COc2ccc(CCC)cc2)cc1. The van der Waals surface area contributed by atoms with E-state index >= 15 is 0 Å². The Morgan fingerprint density at radius 3 is 2.15 bits per heavy atom. The number of carbonyl (C=O) groups excluding carboxylic acids is 1. The molecule has 0 atom stereocenters. The summed E-state index contributed by atoms with van der Waals surface area (Å²) in [4.78, 5) is 12.0. The van der Waals surface area contributed by atoms with Crippen molar-refractivity contribution >= 4 is 11.6 Å². The van der Waals surface area contributed by atoms with E-state index in [-0.39, 0.29) is 12.5 Å². The molecule has 0 heterocycles. The number of hydrogen-bond acceptors (Lipinski definition) is 3. The molecular formula is C22H29NO3. The van der Waals surface area contributed by atoms with Gasteiger partial charge in [-0.3, -0.25) is 4.79 Å². The van der Waals surface area contributed by atoms with Crippen LogP contribution in [0.25, 0.3) is 0 Å². The molecule has 4 nitrogen and oxygen atoms in total. The van der Waals surface area contributed by atoms with E-state index in [0.29, 0.717) is 5.75 Å². The number of amides is 1. The Kier molecular flexibility index (Phi) is 8.53. The number of carbonyl (C=O) groups is 1. The molecule has 1 N–H and O–H groups in total. The van der Waals surface area contributed by atoms with E-state index in [4.69, 9.17) is 9.47 Å². The molecule has 26 heavy (non-hydrogen) atoms. The second-order valence-electron chi connectivity index (χ2n) is 6.31. The highest BCUT2D eigenvalue weighted by molar-refractivity contribution is 5.91. The van der Waals surface area contributed by atoms with Crippen LogP contribution in [0.15, 0.2) is 48.5 Å². The maximum Gasteiger partial charge on any atom is 0.262 e. The van der Waals surface area contributed by atoms with E-state index < -0.39 is 0 Å². The summed E-state index contributed by atoms with van der Waals surface area (Å²) in [6, 6.07) is 15.3. The molecule has 0 saturated carbocycles. The first-order chi connectivity index (χ1) is 12.7. The van der Waals surface area contributed by atoms with Crippen LogP contribution in [-0.2, 0) is 11.2 Å². The van der Waals surface area contributed by atoms with Gasteiger partial charge in [-0.05, 0) is 54.8 Å². The van der Waals surface area contributed by atoms with Crippen LogP contribution in [0.1, 0.15) is 45.1 Å². The fourth-order valence-corrected chi connectivity index (χ4v) is 2.56. The minimum absolute atomic E-state index is 0.0115. The molecule has 2 aromatic rings. The molecule has 0 spiro atoms. The first-order valence-corrected chi connectivity index (χ1v) is 9.45. The molecule has 0 aliphatic rings. The van der Waals surface area contributed by atoms with Gasteiger partial charge in [-0.1, -0.05) is 45.2 Å². The Morgan fingerprint density at radius 2 is 1.50 bits per heavy atom. The average molecular weight is 355 g/mol. The maximum atomic E-state index is 12.0. The highest BCUT2D eigenvalue weighted by atomic mass is 16.5. The van der Waals surface area contributed by atoms with Crippen LogP contribution in [0.4, 0.5) is 5.69 Å². The summed E-state index contributed by atoms with van der Waals surface area (Å²) in [5.74, 6) is 1.35. The Balaban J connectivity index is 1.73. The number of rotatable bonds is 11. The molecule has 2 rings (SSSR count). The number of ether oxygens (including phenoxy) is 2. The highest BCUT2D eigenvalue weighted by Crippen LogP contribution is 2.17. The van der Waals surface area contributed by atoms with Crippen LogP contribution in [0.3, 0.4) is 0 Å². The van der Waals surface area contributed by atoms with Gasteiger partial charge >= 0.3 is 0 Å². The number of unbranched alkanes of at least 4 members (excludes halogenated alkanes) is 2. The van der Waals surface area contributed by atoms with Crippen molar-refractivity contribution in [3.05, 3.63) is 54.1 Å². The van der Waals surface area contributed by atoms with Crippen molar-refractivity contribution in [2.75, 3.05) is 18.5 Å². The quantitative estimate of drug-likeness (QED) is 0.562. The molecule has 0 aliphatic heterocycles. The lowest BCUT2D eigenvalue weighted by Crippen LogP contribution is -2.20. The molecule has 0 aromatic heterocycles. The third kappa shape index (κ3) is 7.18. The summed E-state index contributed by atoms with van der Waals surface area (Å²) >= 11 is 0. The molecule has 0 fully saturated rings. The van der Waals surface area contributed by atoms with Crippen molar-refractivity contribution in [1.82, 2.24) is 0 Å². The predicted octanol–water partition coefficient (Wildman–Crippen LogP) is 5.23. The van der Waals surface area contributed by atoms with Gasteiger partial charge in [0.1, 0.15) is 11.5 Å². The Morgan fingerprint density at radius 1 is 0.846 bits per heavy atom. The lowest BCUT2D eigenvalue weighted by molar-refractivity contribution is -0.118. The molecular weight excluding hydrogens is 326 g/mol. The number of nitrogens with one attached hydrogen (secondary N) is 1. The van der Waals surface area contributed by atoms with Crippen molar-refractivity contribution in [2.45, 2.75) is 46.0 Å². The lowest BCUT2D eigenvalue weighted by Gasteiger charge is -2.09. The van der Waals surface area contributed by atoms with E-state index in [2.05, 4.69) is 19.2 Å². The predicted molar refractivity (Wildman–Crippen MR) is 106 cm³/mol. The molecule has 2 aromatic carbocycles. The molecule has 0 bridgehead atoms. The molecule has 140 valence electrons. The average Bonchev–Trinajstić information content (AvgIpc) is 2.66. The summed E-state index contributed by atoms with van der Waals surface area (Å²) < 4.78 is 11.2. The lowest BCUT2D eigenvalue weighted by atomic mass is 10.1. The molecule has 4 heteroatoms. The molecule has 0 unspecified atom stereocenters. The van der Waals surface area contributed by atoms with E-state index in [0.717, 1.165) is 37.3 Å². The van der Waals surface area contributed by atoms with Crippen molar-refractivity contribution < 1.29 is 14.3 Å². The molecule has 0 aliphatic carbocycles. The van der Waals surface area contributed by atoms with Gasteiger partial charge in [-0.15, -0.1) is 0 Å². The van der Waals surface area contributed by atoms with E-state index in [9.17, 15) is 4.79 Å². The fraction of sp³-hybridized carbons (Fsp3) is 0.409. The standard InChI is InChI=1S/C22H29NO3/c1-3-5-6-16-25-20-14-10-19(11-15-20)23-22(24)17-26-21-12-8-18(7-4-2)9-13-21/h8-15H,3-7,16-17H2,1-2H3,(H,23,24). The largest absolute Gasteiger partial charge is 0.494 e. The van der Waals surface area contributed by atoms with Crippen molar-refractivity contribution in [3.63, 3.8) is 0 Å². The van der Waals surface area contributed by atoms with Gasteiger partial charge in [0.05, 0.1) is 6.61 Å². The van der Waals surface area contributed by atoms with Gasteiger partial charge in [-0.25, -0.2) is 0 Å². The first-order valence-electron chi connectivity index (χ1n) is 9.45. The Labute approximate surface area is 156 Å². The van der Waals surface area contributed by atoms with Gasteiger partial charge in [0.15, 0.2) is 6.61 Å². The minimum atomic E-state index is -0.181. The molecule has 0 saturated heterocycles. The highest BCUT2D eigenvalue weighted by Gasteiger charge is 2.04. The number of anilines is 1. The van der Waals surface area contributed by atoms with Gasteiger partial charge in [-0.2, -0.15) is 0 Å². The van der Waals surface area contributed by atoms with E-state index in [1.807, 2.05) is 48.5 Å². The molecule has 0 radical (unpaired) electrons. The summed E-state index contributed by atoms with van der Waals surface area (Å²) in [7, 11) is 0. The van der Waals surface area contributed by atoms with Crippen LogP contribution in [0.5, 0.6) is 11.5 Å².